The first-order valence-electron chi connectivity index (χ1n) is 23.5. The summed E-state index contributed by atoms with van der Waals surface area (Å²) < 4.78 is 58.1. The number of Topliss-reactive ketones (excluding diaryl/α,β-unsaturated/α-hetero) is 2. The number of hydrogen-bond acceptors (Lipinski definition) is 13. The van der Waals surface area contributed by atoms with Gasteiger partial charge in [0.25, 0.3) is 11.7 Å². The molecule has 5 rings (SSSR count). The largest absolute Gasteiger partial charge is 0.497 e. The highest BCUT2D eigenvalue weighted by atomic mass is 19.1. The minimum Gasteiger partial charge on any atom is -0.497 e. The van der Waals surface area contributed by atoms with E-state index in [2.05, 4.69) is 0 Å². The number of benzene rings is 1. The highest BCUT2D eigenvalue weighted by Crippen LogP contribution is 2.40. The number of aliphatic hydroxyl groups is 2. The molecule has 65 heavy (non-hydrogen) atoms. The lowest BCUT2D eigenvalue weighted by Crippen LogP contribution is -2.64. The lowest BCUT2D eigenvalue weighted by molar-refractivity contribution is -0.302. The van der Waals surface area contributed by atoms with E-state index in [1.165, 1.54) is 14.2 Å². The minimum atomic E-state index is -2.61. The summed E-state index contributed by atoms with van der Waals surface area (Å²) in [5, 5.41) is 23.9. The number of allylic oxidation sites excluding steroid dienone is 3. The van der Waals surface area contributed by atoms with Crippen LogP contribution in [0.15, 0.2) is 47.6 Å². The Morgan fingerprint density at radius 2 is 1.60 bits per heavy atom. The average Bonchev–Trinajstić information content (AvgIpc) is 3.31. The first kappa shape index (κ1) is 52.2. The van der Waals surface area contributed by atoms with Gasteiger partial charge in [-0.25, -0.2) is 9.18 Å². The molecule has 14 nitrogen and oxygen atoms in total. The molecule has 15 heteroatoms. The number of fused-ring (bicyclic) bond motifs is 3. The number of alkyl halides is 1. The van der Waals surface area contributed by atoms with E-state index in [1.807, 2.05) is 44.2 Å². The molecule has 1 aliphatic carbocycles. The van der Waals surface area contributed by atoms with Crippen LogP contribution in [0.2, 0.25) is 0 Å². The average molecular weight is 916 g/mol. The summed E-state index contributed by atoms with van der Waals surface area (Å²) in [6.45, 7) is 10.3. The zero-order valence-corrected chi connectivity index (χ0v) is 40.0. The zero-order valence-electron chi connectivity index (χ0n) is 40.0. The Hall–Kier alpha value is -3.73. The number of cyclic esters (lactones) is 1. The number of hydrogen-bond donors (Lipinski definition) is 2. The van der Waals surface area contributed by atoms with Gasteiger partial charge in [-0.05, 0) is 107 Å². The van der Waals surface area contributed by atoms with Crippen LogP contribution in [0, 0.1) is 29.6 Å². The van der Waals surface area contributed by atoms with Gasteiger partial charge in [0.2, 0.25) is 5.79 Å². The van der Waals surface area contributed by atoms with E-state index in [1.54, 1.807) is 48.0 Å². The van der Waals surface area contributed by atoms with Gasteiger partial charge in [0.05, 0.1) is 31.5 Å². The van der Waals surface area contributed by atoms with Crippen LogP contribution in [-0.4, -0.2) is 134 Å². The van der Waals surface area contributed by atoms with Gasteiger partial charge in [0.1, 0.15) is 47.8 Å². The highest BCUT2D eigenvalue weighted by molar-refractivity contribution is 6.39. The number of carbonyl (C=O) groups excluding carboxylic acids is 4. The van der Waals surface area contributed by atoms with Crippen LogP contribution in [0.25, 0.3) is 0 Å². The van der Waals surface area contributed by atoms with E-state index in [9.17, 15) is 29.4 Å². The predicted octanol–water partition coefficient (Wildman–Crippen LogP) is 6.52. The summed E-state index contributed by atoms with van der Waals surface area (Å²) in [7, 11) is 6.12. The van der Waals surface area contributed by atoms with Crippen molar-refractivity contribution >= 4 is 23.4 Å². The quantitative estimate of drug-likeness (QED) is 0.156. The van der Waals surface area contributed by atoms with Crippen molar-refractivity contribution in [1.29, 1.82) is 0 Å². The van der Waals surface area contributed by atoms with Gasteiger partial charge < -0.3 is 48.3 Å². The first-order valence-corrected chi connectivity index (χ1v) is 23.5. The molecule has 1 aromatic carbocycles. The van der Waals surface area contributed by atoms with Crippen molar-refractivity contribution in [2.75, 3.05) is 35.0 Å². The van der Waals surface area contributed by atoms with Gasteiger partial charge in [-0.1, -0.05) is 45.9 Å². The fraction of sp³-hybridized carbons (Fsp3) is 0.720. The Morgan fingerprint density at radius 1 is 0.923 bits per heavy atom. The third-order valence-electron chi connectivity index (χ3n) is 14.4. The number of carbonyl (C=O) groups is 4. The maximum absolute atomic E-state index is 16.3. The Morgan fingerprint density at radius 3 is 2.26 bits per heavy atom. The number of esters is 1. The lowest BCUT2D eigenvalue weighted by Gasteiger charge is -2.47. The Kier molecular flexibility index (Phi) is 18.7. The molecular formula is C50H74FNO13. The summed E-state index contributed by atoms with van der Waals surface area (Å²) in [5.74, 6) is -7.78. The maximum Gasteiger partial charge on any atom is 0.329 e. The summed E-state index contributed by atoms with van der Waals surface area (Å²) in [5.41, 5.74) is 0.967. The second kappa shape index (κ2) is 23.3. The molecule has 0 aromatic heterocycles. The van der Waals surface area contributed by atoms with Gasteiger partial charge in [-0.2, -0.15) is 0 Å². The van der Waals surface area contributed by atoms with Crippen LogP contribution in [0.4, 0.5) is 4.39 Å². The van der Waals surface area contributed by atoms with Crippen LogP contribution in [0.1, 0.15) is 106 Å². The van der Waals surface area contributed by atoms with Crippen molar-refractivity contribution in [1.82, 2.24) is 4.90 Å². The van der Waals surface area contributed by atoms with Crippen LogP contribution in [-0.2, 0) is 42.9 Å². The van der Waals surface area contributed by atoms with Crippen LogP contribution in [0.3, 0.4) is 0 Å². The van der Waals surface area contributed by atoms with E-state index in [0.717, 1.165) is 4.90 Å². The molecule has 1 amide bonds. The third-order valence-corrected chi connectivity index (χ3v) is 14.4. The molecule has 3 aliphatic heterocycles. The first-order chi connectivity index (χ1) is 30.9. The molecule has 1 saturated carbocycles. The van der Waals surface area contributed by atoms with Gasteiger partial charge in [0.15, 0.2) is 0 Å². The van der Waals surface area contributed by atoms with Crippen molar-refractivity contribution in [3.63, 3.8) is 0 Å². The van der Waals surface area contributed by atoms with E-state index in [4.69, 9.17) is 33.2 Å². The molecule has 3 fully saturated rings. The zero-order chi connectivity index (χ0) is 47.7. The summed E-state index contributed by atoms with van der Waals surface area (Å²) in [6.07, 6.45) is 0.184. The van der Waals surface area contributed by atoms with Crippen molar-refractivity contribution in [2.45, 2.75) is 166 Å². The molecule has 1 aromatic rings. The van der Waals surface area contributed by atoms with Gasteiger partial charge in [-0.3, -0.25) is 14.4 Å². The van der Waals surface area contributed by atoms with Crippen molar-refractivity contribution < 1.29 is 66.9 Å². The number of ketones is 2. The minimum absolute atomic E-state index is 0.0311. The molecule has 4 aliphatic rings. The summed E-state index contributed by atoms with van der Waals surface area (Å²) in [6, 6.07) is 6.20. The number of ether oxygens (including phenoxy) is 7. The molecule has 3 heterocycles. The number of methoxy groups -OCH3 is 4. The highest BCUT2D eigenvalue weighted by Gasteiger charge is 2.57. The number of rotatable bonds is 9. The standard InChI is InChI=1S/C50H74FNO13/c1-11-34-22-28(2)44(51)29(3)23-42(61-9)46-43(62-10)24-31(5)50(58,65-46)47(55)48(56)52-20-13-12-17-37(52)49(57)64-45(32(6)38(53)27-39(34)54)30(4)21-33-18-19-40(41(25-33)60-8)63-36-16-14-15-35(26-36)59-7/h14-16,21-22,26,29,31-34,37-38,40-46,53,58H,11-13,17-20,23-25,27H2,1-10H3/b28-22+,30-21?. The SMILES string of the molecule is CCC1/C=C(\C)C(F)C(C)CC(OC)C2OC(O)(C(=O)C(=O)N3CCCCC3C(=O)OC(C(C)=CC3CCC(Oc4cccc(OC)c4)C(OC)C3)C(C)C(O)CC1=O)C(C)CC2OC. The molecule has 15 unspecified atom stereocenters. The number of piperidine rings is 1. The van der Waals surface area contributed by atoms with Gasteiger partial charge in [0, 0.05) is 58.1 Å². The Balaban J connectivity index is 1.50. The normalized spacial score (nSPS) is 38.4. The van der Waals surface area contributed by atoms with Crippen LogP contribution in [0.5, 0.6) is 11.5 Å². The Bertz CT molecular complexity index is 1860. The second-order valence-corrected chi connectivity index (χ2v) is 18.9. The monoisotopic (exact) mass is 916 g/mol. The fourth-order valence-corrected chi connectivity index (χ4v) is 10.3. The van der Waals surface area contributed by atoms with E-state index in [0.29, 0.717) is 61.2 Å². The number of aliphatic hydroxyl groups excluding tert-OH is 1. The smallest absolute Gasteiger partial charge is 0.329 e. The van der Waals surface area contributed by atoms with Crippen LogP contribution >= 0.6 is 0 Å². The van der Waals surface area contributed by atoms with E-state index < -0.39 is 89.9 Å². The number of amides is 1. The molecule has 364 valence electrons. The number of nitrogens with zero attached hydrogens (tertiary/aromatic N) is 1. The van der Waals surface area contributed by atoms with Gasteiger partial charge in [-0.15, -0.1) is 0 Å². The van der Waals surface area contributed by atoms with E-state index in [-0.39, 0.29) is 56.1 Å². The van der Waals surface area contributed by atoms with Gasteiger partial charge >= 0.3 is 5.97 Å². The molecule has 0 radical (unpaired) electrons. The second-order valence-electron chi connectivity index (χ2n) is 18.9. The lowest BCUT2D eigenvalue weighted by atomic mass is 9.81. The summed E-state index contributed by atoms with van der Waals surface area (Å²) in [4.78, 5) is 58.3. The van der Waals surface area contributed by atoms with Crippen LogP contribution < -0.4 is 9.47 Å². The van der Waals surface area contributed by atoms with Crippen molar-refractivity contribution in [2.24, 2.45) is 29.6 Å². The topological polar surface area (TPSA) is 177 Å². The van der Waals surface area contributed by atoms with E-state index >= 15 is 4.39 Å². The molecule has 0 spiro atoms. The fourth-order valence-electron chi connectivity index (χ4n) is 10.3. The molecule has 2 N–H and O–H groups in total. The molecular weight excluding hydrogens is 842 g/mol. The Labute approximate surface area is 384 Å². The molecule has 2 bridgehead atoms. The molecule has 2 saturated heterocycles. The van der Waals surface area contributed by atoms with Crippen molar-refractivity contribution in [3.8, 4) is 11.5 Å². The third kappa shape index (κ3) is 12.2. The molecule has 15 atom stereocenters. The predicted molar refractivity (Wildman–Crippen MR) is 240 cm³/mol. The maximum atomic E-state index is 16.3. The summed E-state index contributed by atoms with van der Waals surface area (Å²) >= 11 is 0. The number of halogens is 1. The van der Waals surface area contributed by atoms with Crippen molar-refractivity contribution in [3.05, 3.63) is 47.6 Å².